The molecule has 22 heavy (non-hydrogen) atoms. The topological polar surface area (TPSA) is 3.24 Å². The zero-order valence-electron chi connectivity index (χ0n) is 12.5. The van der Waals surface area contributed by atoms with E-state index in [1.807, 2.05) is 24.3 Å². The molecule has 0 bridgehead atoms. The van der Waals surface area contributed by atoms with Crippen LogP contribution >= 0.6 is 23.2 Å². The zero-order valence-corrected chi connectivity index (χ0v) is 14.0. The van der Waals surface area contributed by atoms with Crippen LogP contribution in [0.1, 0.15) is 30.0 Å². The average molecular weight is 338 g/mol. The number of rotatable bonds is 4. The lowest BCUT2D eigenvalue weighted by Crippen LogP contribution is -2.28. The van der Waals surface area contributed by atoms with Gasteiger partial charge in [-0.25, -0.2) is 4.39 Å². The Morgan fingerprint density at radius 3 is 2.59 bits per heavy atom. The molecule has 2 aromatic carbocycles. The lowest BCUT2D eigenvalue weighted by atomic mass is 10.1. The number of fused-ring (bicyclic) bond motifs is 1. The summed E-state index contributed by atoms with van der Waals surface area (Å²) in [6, 6.07) is 11.3. The molecule has 3 rings (SSSR count). The summed E-state index contributed by atoms with van der Waals surface area (Å²) in [4.78, 5) is 2.39. The molecule has 0 saturated heterocycles. The maximum atomic E-state index is 13.3. The molecule has 0 radical (unpaired) electrons. The summed E-state index contributed by atoms with van der Waals surface area (Å²) in [5.41, 5.74) is 3.55. The Labute approximate surface area is 140 Å². The van der Waals surface area contributed by atoms with E-state index in [2.05, 4.69) is 11.8 Å². The summed E-state index contributed by atoms with van der Waals surface area (Å²) >= 11 is 12.0. The molecule has 0 aromatic heterocycles. The highest BCUT2D eigenvalue weighted by Gasteiger charge is 2.23. The molecule has 4 heteroatoms. The van der Waals surface area contributed by atoms with Crippen LogP contribution in [-0.4, -0.2) is 10.9 Å². The zero-order chi connectivity index (χ0) is 15.7. The first kappa shape index (κ1) is 15.8. The minimum Gasteiger partial charge on any atom is -0.292 e. The number of benzene rings is 2. The van der Waals surface area contributed by atoms with Crippen molar-refractivity contribution in [1.82, 2.24) is 4.90 Å². The van der Waals surface area contributed by atoms with Crippen LogP contribution in [0.5, 0.6) is 0 Å². The monoisotopic (exact) mass is 337 g/mol. The molecular weight excluding hydrogens is 320 g/mol. The highest BCUT2D eigenvalue weighted by Crippen LogP contribution is 2.27. The first-order valence-electron chi connectivity index (χ1n) is 7.48. The van der Waals surface area contributed by atoms with Crippen molar-refractivity contribution in [2.45, 2.75) is 38.9 Å². The average Bonchev–Trinajstić information content (AvgIpc) is 2.91. The van der Waals surface area contributed by atoms with E-state index in [0.717, 1.165) is 31.5 Å². The van der Waals surface area contributed by atoms with E-state index < -0.39 is 0 Å². The highest BCUT2D eigenvalue weighted by atomic mass is 35.5. The Morgan fingerprint density at radius 1 is 1.05 bits per heavy atom. The van der Waals surface area contributed by atoms with Gasteiger partial charge in [-0.15, -0.1) is 0 Å². The molecule has 0 aliphatic carbocycles. The van der Waals surface area contributed by atoms with Crippen molar-refractivity contribution in [2.24, 2.45) is 0 Å². The second kappa shape index (κ2) is 6.57. The normalized spacial score (nSPS) is 15.8. The van der Waals surface area contributed by atoms with Crippen LogP contribution in [0.25, 0.3) is 0 Å². The van der Waals surface area contributed by atoms with Crippen LogP contribution in [0, 0.1) is 5.82 Å². The summed E-state index contributed by atoms with van der Waals surface area (Å²) in [7, 11) is 0. The lowest BCUT2D eigenvalue weighted by Gasteiger charge is -2.23. The van der Waals surface area contributed by atoms with Crippen LogP contribution < -0.4 is 0 Å². The van der Waals surface area contributed by atoms with Crippen molar-refractivity contribution < 1.29 is 4.39 Å². The fourth-order valence-corrected chi connectivity index (χ4v) is 3.28. The summed E-state index contributed by atoms with van der Waals surface area (Å²) in [5.74, 6) is -0.149. The van der Waals surface area contributed by atoms with Crippen molar-refractivity contribution in [2.75, 3.05) is 0 Å². The standard InChI is InChI=1S/C18H18Cl2FN/c1-12(2-3-13-4-7-17(19)18(20)8-13)22-10-14-5-6-16(21)9-15(14)11-22/h4-9,12H,2-3,10-11H2,1H3/t12-/m1/s1. The molecule has 1 atom stereocenters. The first-order chi connectivity index (χ1) is 10.5. The molecule has 1 aliphatic heterocycles. The number of hydrogen-bond donors (Lipinski definition) is 0. The predicted molar refractivity (Wildman–Crippen MR) is 89.9 cm³/mol. The van der Waals surface area contributed by atoms with Crippen molar-refractivity contribution >= 4 is 23.2 Å². The predicted octanol–water partition coefficient (Wildman–Crippen LogP) is 5.47. The van der Waals surface area contributed by atoms with Crippen molar-refractivity contribution in [3.05, 3.63) is 69.0 Å². The maximum Gasteiger partial charge on any atom is 0.123 e. The third-order valence-corrected chi connectivity index (χ3v) is 5.11. The smallest absolute Gasteiger partial charge is 0.123 e. The van der Waals surface area contributed by atoms with Crippen molar-refractivity contribution in [3.8, 4) is 0 Å². The van der Waals surface area contributed by atoms with Crippen molar-refractivity contribution in [1.29, 1.82) is 0 Å². The van der Waals surface area contributed by atoms with E-state index in [-0.39, 0.29) is 5.82 Å². The van der Waals surface area contributed by atoms with Gasteiger partial charge < -0.3 is 0 Å². The van der Waals surface area contributed by atoms with E-state index in [0.29, 0.717) is 16.1 Å². The minimum atomic E-state index is -0.149. The molecule has 1 heterocycles. The maximum absolute atomic E-state index is 13.3. The third-order valence-electron chi connectivity index (χ3n) is 4.37. The van der Waals surface area contributed by atoms with E-state index >= 15 is 0 Å². The number of aryl methyl sites for hydroxylation is 1. The molecule has 0 saturated carbocycles. The van der Waals surface area contributed by atoms with Gasteiger partial charge in [0.05, 0.1) is 10.0 Å². The van der Waals surface area contributed by atoms with Gasteiger partial charge in [0, 0.05) is 19.1 Å². The van der Waals surface area contributed by atoms with Crippen LogP contribution in [0.15, 0.2) is 36.4 Å². The Bertz CT molecular complexity index is 687. The number of hydrogen-bond acceptors (Lipinski definition) is 1. The Morgan fingerprint density at radius 2 is 1.82 bits per heavy atom. The Balaban J connectivity index is 1.59. The van der Waals surface area contributed by atoms with Crippen LogP contribution in [0.2, 0.25) is 10.0 Å². The van der Waals surface area contributed by atoms with Gasteiger partial charge in [-0.3, -0.25) is 4.90 Å². The molecular formula is C18H18Cl2FN. The van der Waals surface area contributed by atoms with E-state index in [1.165, 1.54) is 11.1 Å². The first-order valence-corrected chi connectivity index (χ1v) is 8.24. The van der Waals surface area contributed by atoms with Gasteiger partial charge in [0.2, 0.25) is 0 Å². The molecule has 0 N–H and O–H groups in total. The van der Waals surface area contributed by atoms with Crippen molar-refractivity contribution in [3.63, 3.8) is 0 Å². The molecule has 116 valence electrons. The van der Waals surface area contributed by atoms with Gasteiger partial charge in [0.1, 0.15) is 5.82 Å². The largest absolute Gasteiger partial charge is 0.292 e. The molecule has 0 fully saturated rings. The van der Waals surface area contributed by atoms with Gasteiger partial charge in [0.25, 0.3) is 0 Å². The SMILES string of the molecule is C[C@H](CCc1ccc(Cl)c(Cl)c1)N1Cc2ccc(F)cc2C1. The van der Waals surface area contributed by atoms with E-state index in [1.54, 1.807) is 12.1 Å². The number of halogens is 3. The van der Waals surface area contributed by atoms with Gasteiger partial charge in [-0.05, 0) is 60.7 Å². The van der Waals surface area contributed by atoms with Gasteiger partial charge in [0.15, 0.2) is 0 Å². The van der Waals surface area contributed by atoms with Gasteiger partial charge in [-0.1, -0.05) is 35.3 Å². The molecule has 0 spiro atoms. The van der Waals surface area contributed by atoms with E-state index in [9.17, 15) is 4.39 Å². The second-order valence-electron chi connectivity index (χ2n) is 5.95. The van der Waals surface area contributed by atoms with Crippen LogP contribution in [0.4, 0.5) is 4.39 Å². The summed E-state index contributed by atoms with van der Waals surface area (Å²) in [5, 5.41) is 1.20. The molecule has 0 unspecified atom stereocenters. The number of nitrogens with zero attached hydrogens (tertiary/aromatic N) is 1. The Hall–Kier alpha value is -1.09. The molecule has 0 amide bonds. The fourth-order valence-electron chi connectivity index (χ4n) is 2.95. The minimum absolute atomic E-state index is 0.149. The third kappa shape index (κ3) is 3.45. The summed E-state index contributed by atoms with van der Waals surface area (Å²) in [6.07, 6.45) is 1.99. The Kier molecular flexibility index (Phi) is 4.72. The van der Waals surface area contributed by atoms with Crippen LogP contribution in [-0.2, 0) is 19.5 Å². The lowest BCUT2D eigenvalue weighted by molar-refractivity contribution is 0.203. The highest BCUT2D eigenvalue weighted by molar-refractivity contribution is 6.42. The van der Waals surface area contributed by atoms with Gasteiger partial charge >= 0.3 is 0 Å². The van der Waals surface area contributed by atoms with E-state index in [4.69, 9.17) is 23.2 Å². The quantitative estimate of drug-likeness (QED) is 0.715. The summed E-state index contributed by atoms with van der Waals surface area (Å²) < 4.78 is 13.3. The summed E-state index contributed by atoms with van der Waals surface area (Å²) in [6.45, 7) is 3.95. The second-order valence-corrected chi connectivity index (χ2v) is 6.77. The molecule has 2 aromatic rings. The van der Waals surface area contributed by atoms with Crippen LogP contribution in [0.3, 0.4) is 0 Å². The molecule has 1 nitrogen and oxygen atoms in total. The molecule has 1 aliphatic rings. The van der Waals surface area contributed by atoms with Gasteiger partial charge in [-0.2, -0.15) is 0 Å². The fraction of sp³-hybridized carbons (Fsp3) is 0.333.